The normalized spacial score (nSPS) is 10.6. The van der Waals surface area contributed by atoms with E-state index in [1.54, 1.807) is 6.08 Å². The summed E-state index contributed by atoms with van der Waals surface area (Å²) in [7, 11) is 0. The molecule has 0 spiro atoms. The number of amides is 1. The lowest BCUT2D eigenvalue weighted by Gasteiger charge is -2.24. The van der Waals surface area contributed by atoms with Crippen molar-refractivity contribution in [3.63, 3.8) is 0 Å². The van der Waals surface area contributed by atoms with Gasteiger partial charge in [-0.3, -0.25) is 19.1 Å². The van der Waals surface area contributed by atoms with Crippen molar-refractivity contribution >= 4 is 39.9 Å². The second-order valence-electron chi connectivity index (χ2n) is 6.83. The van der Waals surface area contributed by atoms with Crippen LogP contribution in [-0.2, 0) is 16.1 Å². The summed E-state index contributed by atoms with van der Waals surface area (Å²) < 4.78 is 6.33. The largest absolute Gasteiger partial charge is 0.451 e. The van der Waals surface area contributed by atoms with Gasteiger partial charge in [-0.25, -0.2) is 14.6 Å². The van der Waals surface area contributed by atoms with Crippen LogP contribution < -0.4 is 27.2 Å². The molecule has 2 heterocycles. The Kier molecular flexibility index (Phi) is 9.20. The first-order chi connectivity index (χ1) is 15.3. The van der Waals surface area contributed by atoms with E-state index in [0.29, 0.717) is 24.5 Å². The molecule has 12 heteroatoms. The number of hydrogen-bond donors (Lipinski definition) is 3. The van der Waals surface area contributed by atoms with Crippen molar-refractivity contribution in [3.8, 4) is 0 Å². The second-order valence-corrected chi connectivity index (χ2v) is 7.69. The number of unbranched alkanes of at least 4 members (excludes halogenated alkanes) is 1. The van der Waals surface area contributed by atoms with E-state index < -0.39 is 29.7 Å². The summed E-state index contributed by atoms with van der Waals surface area (Å²) in [4.78, 5) is 57.2. The maximum atomic E-state index is 12.9. The molecule has 0 aliphatic heterocycles. The monoisotopic (exact) mass is 464 g/mol. The van der Waals surface area contributed by atoms with Crippen LogP contribution in [0.4, 0.5) is 16.6 Å². The van der Waals surface area contributed by atoms with Crippen LogP contribution in [0.25, 0.3) is 0 Å². The number of carbonyl (C=O) groups excluding carboxylic acids is 2. The summed E-state index contributed by atoms with van der Waals surface area (Å²) >= 11 is 1.22. The van der Waals surface area contributed by atoms with Gasteiger partial charge in [0.15, 0.2) is 23.1 Å². The van der Waals surface area contributed by atoms with Crippen molar-refractivity contribution < 1.29 is 14.3 Å². The molecule has 0 atom stereocenters. The Bertz CT molecular complexity index is 1070. The van der Waals surface area contributed by atoms with Gasteiger partial charge in [0.2, 0.25) is 0 Å². The van der Waals surface area contributed by atoms with E-state index in [2.05, 4.69) is 21.9 Å². The summed E-state index contributed by atoms with van der Waals surface area (Å²) in [5.41, 5.74) is 4.61. The Balaban J connectivity index is 2.22. The molecule has 2 rings (SSSR count). The fraction of sp³-hybridized carbons (Fsp3) is 0.450. The molecule has 1 amide bonds. The van der Waals surface area contributed by atoms with Crippen LogP contribution in [0, 0.1) is 0 Å². The minimum absolute atomic E-state index is 0.0586. The number of hydrogen-bond acceptors (Lipinski definition) is 9. The molecular weight excluding hydrogens is 436 g/mol. The van der Waals surface area contributed by atoms with Gasteiger partial charge in [0.25, 0.3) is 11.5 Å². The van der Waals surface area contributed by atoms with Gasteiger partial charge in [-0.2, -0.15) is 0 Å². The maximum Gasteiger partial charge on any atom is 0.358 e. The molecule has 2 aromatic rings. The number of carbonyl (C=O) groups is 2. The van der Waals surface area contributed by atoms with Gasteiger partial charge in [-0.05, 0) is 12.8 Å². The van der Waals surface area contributed by atoms with E-state index in [4.69, 9.17) is 10.5 Å². The molecule has 0 radical (unpaired) electrons. The number of nitrogens with zero attached hydrogens (tertiary/aromatic N) is 3. The van der Waals surface area contributed by atoms with Crippen LogP contribution in [-0.4, -0.2) is 46.1 Å². The lowest BCUT2D eigenvalue weighted by molar-refractivity contribution is -0.121. The number of nitrogens with one attached hydrogen (secondary N) is 2. The van der Waals surface area contributed by atoms with Gasteiger partial charge in [-0.1, -0.05) is 26.3 Å². The number of rotatable bonds is 12. The van der Waals surface area contributed by atoms with Crippen molar-refractivity contribution in [2.24, 2.45) is 0 Å². The van der Waals surface area contributed by atoms with Crippen LogP contribution >= 0.6 is 11.3 Å². The highest BCUT2D eigenvalue weighted by molar-refractivity contribution is 7.13. The second kappa shape index (κ2) is 11.8. The molecule has 2 aromatic heterocycles. The standard InChI is InChI=1S/C20H28N6O5S/c1-4-7-10-25(15-16(21)26(9-6-3)20(30)24-17(15)28)14(27)11-31-18(29)13-12-32-19(23-13)22-8-5-2/h5,12H,2,4,6-11,21H2,1,3H3,(H,22,23)(H,24,28,30). The first-order valence-electron chi connectivity index (χ1n) is 10.2. The fourth-order valence-electron chi connectivity index (χ4n) is 2.85. The third kappa shape index (κ3) is 6.06. The van der Waals surface area contributed by atoms with Gasteiger partial charge >= 0.3 is 11.7 Å². The van der Waals surface area contributed by atoms with E-state index >= 15 is 0 Å². The summed E-state index contributed by atoms with van der Waals surface area (Å²) in [6.45, 7) is 7.71. The highest BCUT2D eigenvalue weighted by Gasteiger charge is 2.25. The maximum absolute atomic E-state index is 12.9. The summed E-state index contributed by atoms with van der Waals surface area (Å²) in [5, 5.41) is 4.99. The summed E-state index contributed by atoms with van der Waals surface area (Å²) in [6, 6.07) is 0. The van der Waals surface area contributed by atoms with Gasteiger partial charge < -0.3 is 20.7 Å². The smallest absolute Gasteiger partial charge is 0.358 e. The molecule has 0 fully saturated rings. The van der Waals surface area contributed by atoms with Crippen LogP contribution in [0.5, 0.6) is 0 Å². The number of aromatic nitrogens is 3. The van der Waals surface area contributed by atoms with Crippen LogP contribution in [0.15, 0.2) is 27.6 Å². The van der Waals surface area contributed by atoms with Crippen LogP contribution in [0.3, 0.4) is 0 Å². The number of H-pyrrole nitrogens is 1. The molecule has 11 nitrogen and oxygen atoms in total. The highest BCUT2D eigenvalue weighted by atomic mass is 32.1. The Morgan fingerprint density at radius 3 is 2.78 bits per heavy atom. The van der Waals surface area contributed by atoms with Gasteiger partial charge in [0.1, 0.15) is 5.82 Å². The van der Waals surface area contributed by atoms with Gasteiger partial charge in [-0.15, -0.1) is 17.9 Å². The van der Waals surface area contributed by atoms with Gasteiger partial charge in [0.05, 0.1) is 0 Å². The number of ether oxygens (including phenoxy) is 1. The first-order valence-corrected chi connectivity index (χ1v) is 11.1. The number of nitrogens with two attached hydrogens (primary N) is 1. The molecule has 0 saturated carbocycles. The van der Waals surface area contributed by atoms with Gasteiger partial charge in [0, 0.05) is 25.0 Å². The predicted octanol–water partition coefficient (Wildman–Crippen LogP) is 1.57. The minimum Gasteiger partial charge on any atom is -0.451 e. The Labute approximate surface area is 188 Å². The number of aromatic amines is 1. The highest BCUT2D eigenvalue weighted by Crippen LogP contribution is 2.19. The molecule has 174 valence electrons. The zero-order valence-corrected chi connectivity index (χ0v) is 19.0. The predicted molar refractivity (Wildman–Crippen MR) is 124 cm³/mol. The van der Waals surface area contributed by atoms with Crippen molar-refractivity contribution in [3.05, 3.63) is 44.6 Å². The van der Waals surface area contributed by atoms with E-state index in [9.17, 15) is 19.2 Å². The average molecular weight is 465 g/mol. The third-order valence-corrected chi connectivity index (χ3v) is 5.21. The van der Waals surface area contributed by atoms with Crippen molar-refractivity contribution in [1.29, 1.82) is 0 Å². The topological polar surface area (TPSA) is 152 Å². The summed E-state index contributed by atoms with van der Waals surface area (Å²) in [6.07, 6.45) is 3.58. The van der Waals surface area contributed by atoms with E-state index in [0.717, 1.165) is 11.3 Å². The Hall–Kier alpha value is -3.41. The van der Waals surface area contributed by atoms with Crippen LogP contribution in [0.2, 0.25) is 0 Å². The zero-order valence-electron chi connectivity index (χ0n) is 18.2. The third-order valence-electron chi connectivity index (χ3n) is 4.41. The molecule has 0 aliphatic carbocycles. The van der Waals surface area contributed by atoms with E-state index in [1.807, 2.05) is 13.8 Å². The SMILES string of the molecule is C=CCNc1nc(C(=O)OCC(=O)N(CCCC)c2c(N)n(CCC)c(=O)[nH]c2=O)cs1. The van der Waals surface area contributed by atoms with Crippen molar-refractivity contribution in [2.45, 2.75) is 39.7 Å². The van der Waals surface area contributed by atoms with Crippen LogP contribution in [0.1, 0.15) is 43.6 Å². The molecule has 0 unspecified atom stereocenters. The molecular formula is C20H28N6O5S. The Morgan fingerprint density at radius 1 is 1.38 bits per heavy atom. The fourth-order valence-corrected chi connectivity index (χ4v) is 3.54. The minimum atomic E-state index is -0.770. The lowest BCUT2D eigenvalue weighted by atomic mass is 10.2. The molecule has 0 aromatic carbocycles. The number of nitrogen functional groups attached to an aromatic ring is 1. The molecule has 4 N–H and O–H groups in total. The quantitative estimate of drug-likeness (QED) is 0.316. The molecule has 0 bridgehead atoms. The lowest BCUT2D eigenvalue weighted by Crippen LogP contribution is -2.43. The zero-order chi connectivity index (χ0) is 23.7. The summed E-state index contributed by atoms with van der Waals surface area (Å²) in [5.74, 6) is -1.51. The average Bonchev–Trinajstić information content (AvgIpc) is 3.24. The van der Waals surface area contributed by atoms with Crippen molar-refractivity contribution in [1.82, 2.24) is 14.5 Å². The molecule has 0 aliphatic rings. The molecule has 0 saturated heterocycles. The first kappa shape index (κ1) is 24.9. The number of esters is 1. The molecule has 32 heavy (non-hydrogen) atoms. The Morgan fingerprint density at radius 2 is 2.12 bits per heavy atom. The van der Waals surface area contributed by atoms with Crippen molar-refractivity contribution in [2.75, 3.05) is 35.6 Å². The van der Waals surface area contributed by atoms with E-state index in [-0.39, 0.29) is 30.3 Å². The number of anilines is 3. The number of thiazole rings is 1. The van der Waals surface area contributed by atoms with E-state index in [1.165, 1.54) is 21.3 Å².